The highest BCUT2D eigenvalue weighted by atomic mass is 79.9. The Labute approximate surface area is 90.4 Å². The van der Waals surface area contributed by atoms with Crippen molar-refractivity contribution >= 4 is 21.6 Å². The van der Waals surface area contributed by atoms with Crippen molar-refractivity contribution in [3.05, 3.63) is 33.4 Å². The molecule has 1 heterocycles. The Bertz CT molecular complexity index is 400. The van der Waals surface area contributed by atoms with Gasteiger partial charge in [0.25, 0.3) is 12.1 Å². The van der Waals surface area contributed by atoms with Crippen LogP contribution >= 0.6 is 15.9 Å². The van der Waals surface area contributed by atoms with Crippen LogP contribution in [-0.2, 0) is 5.33 Å². The van der Waals surface area contributed by atoms with Crippen LogP contribution in [0.15, 0.2) is 6.20 Å². The second-order valence-electron chi connectivity index (χ2n) is 2.51. The van der Waals surface area contributed by atoms with Gasteiger partial charge < -0.3 is 0 Å². The summed E-state index contributed by atoms with van der Waals surface area (Å²) in [6.07, 6.45) is -2.62. The molecule has 0 unspecified atom stereocenters. The highest BCUT2D eigenvalue weighted by molar-refractivity contribution is 9.08. The van der Waals surface area contributed by atoms with E-state index in [2.05, 4.69) is 20.9 Å². The fourth-order valence-electron chi connectivity index (χ4n) is 0.979. The molecule has 1 aromatic rings. The quantitative estimate of drug-likeness (QED) is 0.487. The minimum Gasteiger partial charge on any atom is -0.258 e. The molecule has 0 fully saturated rings. The predicted molar refractivity (Wildman–Crippen MR) is 48.4 cm³/mol. The van der Waals surface area contributed by atoms with Gasteiger partial charge in [0.2, 0.25) is 0 Å². The zero-order valence-electron chi connectivity index (χ0n) is 7.08. The van der Waals surface area contributed by atoms with Gasteiger partial charge in [-0.25, -0.2) is 13.2 Å². The second-order valence-corrected chi connectivity index (χ2v) is 3.07. The number of alkyl halides is 3. The molecule has 0 aromatic carbocycles. The lowest BCUT2D eigenvalue weighted by atomic mass is 10.2. The molecule has 0 spiro atoms. The van der Waals surface area contributed by atoms with Crippen LogP contribution in [0.5, 0.6) is 0 Å². The van der Waals surface area contributed by atoms with Crippen LogP contribution < -0.4 is 0 Å². The number of rotatable bonds is 3. The maximum atomic E-state index is 13.3. The van der Waals surface area contributed by atoms with Crippen LogP contribution in [0.4, 0.5) is 18.9 Å². The largest absolute Gasteiger partial charge is 0.299 e. The first-order chi connectivity index (χ1) is 6.99. The molecule has 0 aliphatic carbocycles. The van der Waals surface area contributed by atoms with Crippen LogP contribution in [0.3, 0.4) is 0 Å². The molecule has 0 atom stereocenters. The summed E-state index contributed by atoms with van der Waals surface area (Å²) in [4.78, 5) is 12.6. The summed E-state index contributed by atoms with van der Waals surface area (Å²) in [5.41, 5.74) is -2.51. The number of hydrogen-bond acceptors (Lipinski definition) is 3. The van der Waals surface area contributed by atoms with Crippen LogP contribution in [0.1, 0.15) is 17.7 Å². The van der Waals surface area contributed by atoms with Crippen molar-refractivity contribution in [2.24, 2.45) is 0 Å². The van der Waals surface area contributed by atoms with E-state index in [9.17, 15) is 23.3 Å². The predicted octanol–water partition coefficient (Wildman–Crippen LogP) is 2.96. The zero-order valence-corrected chi connectivity index (χ0v) is 8.67. The second kappa shape index (κ2) is 4.56. The third-order valence-corrected chi connectivity index (χ3v) is 2.18. The zero-order chi connectivity index (χ0) is 11.6. The molecule has 0 aliphatic rings. The number of aromatic nitrogens is 1. The molecular formula is C7H4BrF3N2O2. The molecule has 0 amide bonds. The summed E-state index contributed by atoms with van der Waals surface area (Å²) < 4.78 is 38.0. The SMILES string of the molecule is O=[N+]([O-])c1cnc(CBr)c(F)c1C(F)F. The Hall–Kier alpha value is -1.18. The Morgan fingerprint density at radius 1 is 1.60 bits per heavy atom. The number of hydrogen-bond donors (Lipinski definition) is 0. The lowest BCUT2D eigenvalue weighted by Gasteiger charge is -2.05. The van der Waals surface area contributed by atoms with E-state index in [0.717, 1.165) is 0 Å². The van der Waals surface area contributed by atoms with Gasteiger partial charge >= 0.3 is 0 Å². The molecule has 0 aliphatic heterocycles. The van der Waals surface area contributed by atoms with Gasteiger partial charge in [-0.3, -0.25) is 15.1 Å². The molecule has 8 heteroatoms. The molecule has 15 heavy (non-hydrogen) atoms. The van der Waals surface area contributed by atoms with Crippen molar-refractivity contribution in [1.82, 2.24) is 4.98 Å². The minimum absolute atomic E-state index is 0.0868. The van der Waals surface area contributed by atoms with Gasteiger partial charge in [0.05, 0.1) is 10.6 Å². The van der Waals surface area contributed by atoms with Crippen LogP contribution in [0.2, 0.25) is 0 Å². The van der Waals surface area contributed by atoms with E-state index in [1.165, 1.54) is 0 Å². The normalized spacial score (nSPS) is 10.7. The number of nitro groups is 1. The number of halogens is 4. The standard InChI is InChI=1S/C7H4BrF3N2O2/c8-1-3-6(9)5(7(10)11)4(2-12-3)13(14)15/h2,7H,1H2. The van der Waals surface area contributed by atoms with Gasteiger partial charge in [-0.2, -0.15) is 0 Å². The Kier molecular flexibility index (Phi) is 3.61. The van der Waals surface area contributed by atoms with E-state index in [4.69, 9.17) is 0 Å². The first-order valence-corrected chi connectivity index (χ1v) is 4.77. The highest BCUT2D eigenvalue weighted by Crippen LogP contribution is 2.32. The van der Waals surface area contributed by atoms with Gasteiger partial charge in [0, 0.05) is 5.33 Å². The van der Waals surface area contributed by atoms with E-state index in [-0.39, 0.29) is 11.0 Å². The van der Waals surface area contributed by atoms with Crippen molar-refractivity contribution in [3.63, 3.8) is 0 Å². The van der Waals surface area contributed by atoms with Gasteiger partial charge in [0.15, 0.2) is 5.82 Å². The summed E-state index contributed by atoms with van der Waals surface area (Å²) in [6.45, 7) is 0. The fraction of sp³-hybridized carbons (Fsp3) is 0.286. The van der Waals surface area contributed by atoms with E-state index < -0.39 is 28.4 Å². The lowest BCUT2D eigenvalue weighted by Crippen LogP contribution is -2.04. The average Bonchev–Trinajstić information content (AvgIpc) is 2.16. The molecule has 1 rings (SSSR count). The first kappa shape index (κ1) is 11.9. The number of pyridine rings is 1. The summed E-state index contributed by atoms with van der Waals surface area (Å²) in [6, 6.07) is 0. The van der Waals surface area contributed by atoms with Gasteiger partial charge in [-0.15, -0.1) is 0 Å². The van der Waals surface area contributed by atoms with Crippen LogP contribution in [0.25, 0.3) is 0 Å². The third kappa shape index (κ3) is 2.25. The summed E-state index contributed by atoms with van der Waals surface area (Å²) in [5, 5.41) is 10.2. The van der Waals surface area contributed by atoms with E-state index in [0.29, 0.717) is 6.20 Å². The van der Waals surface area contributed by atoms with Gasteiger partial charge in [-0.05, 0) is 0 Å². The molecule has 0 bridgehead atoms. The van der Waals surface area contributed by atoms with E-state index >= 15 is 0 Å². The van der Waals surface area contributed by atoms with E-state index in [1.807, 2.05) is 0 Å². The average molecular weight is 285 g/mol. The monoisotopic (exact) mass is 284 g/mol. The van der Waals surface area contributed by atoms with E-state index in [1.54, 1.807) is 0 Å². The maximum Gasteiger partial charge on any atom is 0.299 e. The topological polar surface area (TPSA) is 56.0 Å². The van der Waals surface area contributed by atoms with Crippen molar-refractivity contribution < 1.29 is 18.1 Å². The highest BCUT2D eigenvalue weighted by Gasteiger charge is 2.28. The van der Waals surface area contributed by atoms with Crippen LogP contribution in [0, 0.1) is 15.9 Å². The Morgan fingerprint density at radius 2 is 2.20 bits per heavy atom. The minimum atomic E-state index is -3.24. The molecule has 0 radical (unpaired) electrons. The molecule has 82 valence electrons. The molecule has 0 N–H and O–H groups in total. The van der Waals surface area contributed by atoms with Crippen molar-refractivity contribution in [2.45, 2.75) is 11.8 Å². The van der Waals surface area contributed by atoms with Crippen molar-refractivity contribution in [1.29, 1.82) is 0 Å². The Morgan fingerprint density at radius 3 is 2.60 bits per heavy atom. The summed E-state index contributed by atoms with van der Waals surface area (Å²) in [7, 11) is 0. The molecule has 1 aromatic heterocycles. The van der Waals surface area contributed by atoms with Crippen molar-refractivity contribution in [3.8, 4) is 0 Å². The molecular weight excluding hydrogens is 281 g/mol. The molecule has 0 saturated heterocycles. The summed E-state index contributed by atoms with van der Waals surface area (Å²) in [5.74, 6) is -1.34. The smallest absolute Gasteiger partial charge is 0.258 e. The van der Waals surface area contributed by atoms with Gasteiger partial charge in [0.1, 0.15) is 11.8 Å². The Balaban J connectivity index is 3.44. The number of nitrogens with zero attached hydrogens (tertiary/aromatic N) is 2. The third-order valence-electron chi connectivity index (χ3n) is 1.65. The molecule has 0 saturated carbocycles. The van der Waals surface area contributed by atoms with Crippen LogP contribution in [-0.4, -0.2) is 9.91 Å². The summed E-state index contributed by atoms with van der Waals surface area (Å²) >= 11 is 2.84. The molecule has 4 nitrogen and oxygen atoms in total. The lowest BCUT2D eigenvalue weighted by molar-refractivity contribution is -0.386. The maximum absolute atomic E-state index is 13.3. The van der Waals surface area contributed by atoms with Gasteiger partial charge in [-0.1, -0.05) is 15.9 Å². The van der Waals surface area contributed by atoms with Crippen molar-refractivity contribution in [2.75, 3.05) is 0 Å². The first-order valence-electron chi connectivity index (χ1n) is 3.64. The fourth-order valence-corrected chi connectivity index (χ4v) is 1.37.